The van der Waals surface area contributed by atoms with Crippen LogP contribution in [0.4, 0.5) is 18.9 Å². The van der Waals surface area contributed by atoms with Crippen molar-refractivity contribution in [3.63, 3.8) is 0 Å². The monoisotopic (exact) mass is 346 g/mol. The molecule has 1 fully saturated rings. The van der Waals surface area contributed by atoms with Gasteiger partial charge in [0.1, 0.15) is 0 Å². The summed E-state index contributed by atoms with van der Waals surface area (Å²) < 4.78 is 38.8. The molecule has 2 rings (SSSR count). The molecule has 1 N–H and O–H groups in total. The van der Waals surface area contributed by atoms with Crippen LogP contribution in [-0.4, -0.2) is 40.0 Å². The zero-order valence-electron chi connectivity index (χ0n) is 12.8. The molecule has 1 aliphatic rings. The molecule has 1 saturated heterocycles. The lowest BCUT2D eigenvalue weighted by molar-refractivity contribution is -0.385. The number of halogens is 3. The summed E-state index contributed by atoms with van der Waals surface area (Å²) in [6.07, 6.45) is -2.25. The number of aliphatic hydroxyl groups is 1. The molecule has 0 radical (unpaired) electrons. The van der Waals surface area contributed by atoms with Crippen molar-refractivity contribution in [1.29, 1.82) is 0 Å². The first-order chi connectivity index (χ1) is 11.2. The largest absolute Gasteiger partial charge is 0.416 e. The van der Waals surface area contributed by atoms with Crippen LogP contribution in [0.3, 0.4) is 0 Å². The van der Waals surface area contributed by atoms with Crippen molar-refractivity contribution in [2.45, 2.75) is 37.9 Å². The molecule has 0 aromatic heterocycles. The van der Waals surface area contributed by atoms with Crippen LogP contribution >= 0.6 is 0 Å². The van der Waals surface area contributed by atoms with Crippen LogP contribution in [0.15, 0.2) is 18.2 Å². The highest BCUT2D eigenvalue weighted by Gasteiger charge is 2.35. The SMILES string of the molecule is O=C(c1cc([N+](=O)[O-])cc(C(F)(F)F)c1)N1CCCC[C@H]1CCO. The molecular weight excluding hydrogens is 329 g/mol. The number of likely N-dealkylation sites (tertiary alicyclic amines) is 1. The van der Waals surface area contributed by atoms with Crippen molar-refractivity contribution in [3.8, 4) is 0 Å². The standard InChI is InChI=1S/C15H17F3N2O4/c16-15(17,18)11-7-10(8-13(9-11)20(23)24)14(22)19-5-2-1-3-12(19)4-6-21/h7-9,12,21H,1-6H2/t12-/m0/s1. The van der Waals surface area contributed by atoms with Gasteiger partial charge in [-0.1, -0.05) is 0 Å². The van der Waals surface area contributed by atoms with Crippen molar-refractivity contribution in [2.24, 2.45) is 0 Å². The summed E-state index contributed by atoms with van der Waals surface area (Å²) in [6, 6.07) is 1.64. The average Bonchev–Trinajstić information content (AvgIpc) is 2.53. The molecule has 0 bridgehead atoms. The summed E-state index contributed by atoms with van der Waals surface area (Å²) >= 11 is 0. The highest BCUT2D eigenvalue weighted by Crippen LogP contribution is 2.33. The third-order valence-electron chi connectivity index (χ3n) is 4.05. The molecule has 1 aromatic carbocycles. The molecule has 1 atom stereocenters. The van der Waals surface area contributed by atoms with E-state index in [1.54, 1.807) is 0 Å². The number of benzene rings is 1. The van der Waals surface area contributed by atoms with E-state index in [-0.39, 0.29) is 18.2 Å². The van der Waals surface area contributed by atoms with E-state index in [1.807, 2.05) is 0 Å². The fraction of sp³-hybridized carbons (Fsp3) is 0.533. The molecule has 1 amide bonds. The van der Waals surface area contributed by atoms with Crippen LogP contribution < -0.4 is 0 Å². The van der Waals surface area contributed by atoms with Gasteiger partial charge in [-0.05, 0) is 31.7 Å². The summed E-state index contributed by atoms with van der Waals surface area (Å²) in [6.45, 7) is 0.213. The Hall–Kier alpha value is -2.16. The minimum absolute atomic E-state index is 0.142. The minimum atomic E-state index is -4.78. The van der Waals surface area contributed by atoms with Gasteiger partial charge < -0.3 is 10.0 Å². The van der Waals surface area contributed by atoms with Gasteiger partial charge in [-0.25, -0.2) is 0 Å². The van der Waals surface area contributed by atoms with Crippen molar-refractivity contribution in [3.05, 3.63) is 39.4 Å². The van der Waals surface area contributed by atoms with Crippen molar-refractivity contribution >= 4 is 11.6 Å². The van der Waals surface area contributed by atoms with E-state index < -0.39 is 28.3 Å². The average molecular weight is 346 g/mol. The van der Waals surface area contributed by atoms with Crippen molar-refractivity contribution in [1.82, 2.24) is 4.90 Å². The number of nitro groups is 1. The maximum Gasteiger partial charge on any atom is 0.416 e. The lowest BCUT2D eigenvalue weighted by atomic mass is 9.98. The number of carbonyl (C=O) groups is 1. The maximum atomic E-state index is 12.9. The van der Waals surface area contributed by atoms with Crippen molar-refractivity contribution < 1.29 is 28.0 Å². The van der Waals surface area contributed by atoms with Gasteiger partial charge in [0.25, 0.3) is 11.6 Å². The Morgan fingerprint density at radius 3 is 2.62 bits per heavy atom. The lowest BCUT2D eigenvalue weighted by Crippen LogP contribution is -2.44. The number of alkyl halides is 3. The second-order valence-corrected chi connectivity index (χ2v) is 5.68. The molecule has 24 heavy (non-hydrogen) atoms. The first-order valence-corrected chi connectivity index (χ1v) is 7.52. The van der Waals surface area contributed by atoms with Gasteiger partial charge in [0, 0.05) is 36.9 Å². The second kappa shape index (κ2) is 7.16. The first kappa shape index (κ1) is 18.2. The number of rotatable bonds is 4. The second-order valence-electron chi connectivity index (χ2n) is 5.68. The topological polar surface area (TPSA) is 83.7 Å². The Balaban J connectivity index is 2.40. The molecule has 132 valence electrons. The zero-order chi connectivity index (χ0) is 17.9. The number of amides is 1. The van der Waals surface area contributed by atoms with E-state index in [2.05, 4.69) is 0 Å². The molecule has 1 heterocycles. The Labute approximate surface area is 136 Å². The van der Waals surface area contributed by atoms with E-state index in [4.69, 9.17) is 5.11 Å². The number of non-ortho nitro benzene ring substituents is 1. The van der Waals surface area contributed by atoms with E-state index in [0.29, 0.717) is 37.9 Å². The number of hydrogen-bond donors (Lipinski definition) is 1. The van der Waals surface area contributed by atoms with E-state index >= 15 is 0 Å². The predicted molar refractivity (Wildman–Crippen MR) is 78.5 cm³/mol. The summed E-state index contributed by atoms with van der Waals surface area (Å²) in [5, 5.41) is 20.0. The van der Waals surface area contributed by atoms with E-state index in [0.717, 1.165) is 12.5 Å². The predicted octanol–water partition coefficient (Wildman–Crippen LogP) is 2.99. The fourth-order valence-electron chi connectivity index (χ4n) is 2.89. The number of nitro benzene ring substituents is 1. The summed E-state index contributed by atoms with van der Waals surface area (Å²) in [4.78, 5) is 23.9. The molecule has 6 nitrogen and oxygen atoms in total. The number of nitrogens with zero attached hydrogens (tertiary/aromatic N) is 2. The van der Waals surface area contributed by atoms with E-state index in [1.165, 1.54) is 4.90 Å². The number of hydrogen-bond acceptors (Lipinski definition) is 4. The van der Waals surface area contributed by atoms with Crippen LogP contribution in [0.5, 0.6) is 0 Å². The summed E-state index contributed by atoms with van der Waals surface area (Å²) in [7, 11) is 0. The minimum Gasteiger partial charge on any atom is -0.396 e. The van der Waals surface area contributed by atoms with Gasteiger partial charge in [-0.15, -0.1) is 0 Å². The summed E-state index contributed by atoms with van der Waals surface area (Å²) in [5.41, 5.74) is -2.36. The summed E-state index contributed by atoms with van der Waals surface area (Å²) in [5.74, 6) is -0.678. The van der Waals surface area contributed by atoms with Crippen LogP contribution in [0.1, 0.15) is 41.6 Å². The van der Waals surface area contributed by atoms with Gasteiger partial charge in [-0.2, -0.15) is 13.2 Å². The highest BCUT2D eigenvalue weighted by molar-refractivity contribution is 5.95. The maximum absolute atomic E-state index is 12.9. The first-order valence-electron chi connectivity index (χ1n) is 7.52. The Morgan fingerprint density at radius 1 is 1.33 bits per heavy atom. The quantitative estimate of drug-likeness (QED) is 0.671. The molecule has 0 unspecified atom stereocenters. The molecule has 9 heteroatoms. The zero-order valence-corrected chi connectivity index (χ0v) is 12.8. The van der Waals surface area contributed by atoms with Gasteiger partial charge in [-0.3, -0.25) is 14.9 Å². The molecular formula is C15H17F3N2O4. The molecule has 0 saturated carbocycles. The Bertz CT molecular complexity index is 632. The van der Waals surface area contributed by atoms with Gasteiger partial charge in [0.05, 0.1) is 10.5 Å². The van der Waals surface area contributed by atoms with Crippen LogP contribution in [0.2, 0.25) is 0 Å². The molecule has 1 aromatic rings. The van der Waals surface area contributed by atoms with E-state index in [9.17, 15) is 28.1 Å². The number of aliphatic hydroxyl groups excluding tert-OH is 1. The van der Waals surface area contributed by atoms with Gasteiger partial charge >= 0.3 is 6.18 Å². The Morgan fingerprint density at radius 2 is 2.04 bits per heavy atom. The lowest BCUT2D eigenvalue weighted by Gasteiger charge is -2.35. The van der Waals surface area contributed by atoms with Gasteiger partial charge in [0.2, 0.25) is 0 Å². The highest BCUT2D eigenvalue weighted by atomic mass is 19.4. The third-order valence-corrected chi connectivity index (χ3v) is 4.05. The van der Waals surface area contributed by atoms with Crippen molar-refractivity contribution in [2.75, 3.05) is 13.2 Å². The number of carbonyl (C=O) groups excluding carboxylic acids is 1. The molecule has 0 aliphatic carbocycles. The molecule has 0 spiro atoms. The fourth-order valence-corrected chi connectivity index (χ4v) is 2.89. The molecule has 1 aliphatic heterocycles. The van der Waals surface area contributed by atoms with Crippen LogP contribution in [-0.2, 0) is 6.18 Å². The van der Waals surface area contributed by atoms with Crippen LogP contribution in [0.25, 0.3) is 0 Å². The van der Waals surface area contributed by atoms with Crippen LogP contribution in [0, 0.1) is 10.1 Å². The Kier molecular flexibility index (Phi) is 5.43. The van der Waals surface area contributed by atoms with Gasteiger partial charge in [0.15, 0.2) is 0 Å². The number of piperidine rings is 1. The third kappa shape index (κ3) is 4.02. The smallest absolute Gasteiger partial charge is 0.396 e. The normalized spacial score (nSPS) is 18.5.